The van der Waals surface area contributed by atoms with Gasteiger partial charge < -0.3 is 9.30 Å². The van der Waals surface area contributed by atoms with E-state index < -0.39 is 5.82 Å². The fourth-order valence-corrected chi connectivity index (χ4v) is 3.42. The quantitative estimate of drug-likeness (QED) is 0.667. The molecule has 0 N–H and O–H groups in total. The third-order valence-corrected chi connectivity index (χ3v) is 4.55. The lowest BCUT2D eigenvalue weighted by Crippen LogP contribution is -2.02. The molecule has 6 heteroatoms. The Morgan fingerprint density at radius 2 is 2.19 bits per heavy atom. The summed E-state index contributed by atoms with van der Waals surface area (Å²) in [7, 11) is 1.45. The summed E-state index contributed by atoms with van der Waals surface area (Å²) in [4.78, 5) is 6.88. The lowest BCUT2D eigenvalue weighted by molar-refractivity contribution is 0.387. The number of aromatic nitrogens is 2. The van der Waals surface area contributed by atoms with E-state index in [-0.39, 0.29) is 11.6 Å². The van der Waals surface area contributed by atoms with E-state index in [1.54, 1.807) is 17.4 Å². The van der Waals surface area contributed by atoms with Crippen LogP contribution in [0.4, 0.5) is 4.39 Å². The van der Waals surface area contributed by atoms with Crippen LogP contribution in [-0.4, -0.2) is 16.7 Å². The van der Waals surface area contributed by atoms with Crippen molar-refractivity contribution in [2.24, 2.45) is 0 Å². The highest BCUT2D eigenvalue weighted by molar-refractivity contribution is 7.11. The van der Waals surface area contributed by atoms with Crippen LogP contribution in [0.3, 0.4) is 0 Å². The smallest absolute Gasteiger partial charge is 0.167 e. The first-order chi connectivity index (χ1) is 10.1. The molecule has 0 aliphatic heterocycles. The summed E-state index contributed by atoms with van der Waals surface area (Å²) in [5.74, 6) is 0.809. The minimum atomic E-state index is -0.414. The molecular formula is C15H14ClFN2OS. The lowest BCUT2D eigenvalue weighted by Gasteiger charge is -2.07. The van der Waals surface area contributed by atoms with Crippen molar-refractivity contribution in [3.63, 3.8) is 0 Å². The van der Waals surface area contributed by atoms with Crippen molar-refractivity contribution in [2.45, 2.75) is 19.3 Å². The number of thiophene rings is 1. The van der Waals surface area contributed by atoms with E-state index in [2.05, 4.69) is 24.0 Å². The highest BCUT2D eigenvalue weighted by atomic mass is 35.5. The number of nitrogens with zero attached hydrogens (tertiary/aromatic N) is 2. The summed E-state index contributed by atoms with van der Waals surface area (Å²) in [5.41, 5.74) is 1.42. The van der Waals surface area contributed by atoms with E-state index in [1.165, 1.54) is 22.9 Å². The average molecular weight is 325 g/mol. The molecule has 0 spiro atoms. The van der Waals surface area contributed by atoms with Gasteiger partial charge in [0.15, 0.2) is 11.6 Å². The van der Waals surface area contributed by atoms with Gasteiger partial charge in [-0.15, -0.1) is 22.9 Å². The molecule has 0 amide bonds. The second-order valence-electron chi connectivity index (χ2n) is 4.74. The number of hydrogen-bond donors (Lipinski definition) is 0. The van der Waals surface area contributed by atoms with Gasteiger partial charge in [-0.2, -0.15) is 0 Å². The summed E-state index contributed by atoms with van der Waals surface area (Å²) >= 11 is 7.71. The van der Waals surface area contributed by atoms with E-state index in [4.69, 9.17) is 16.3 Å². The average Bonchev–Trinajstić information content (AvgIpc) is 3.02. The van der Waals surface area contributed by atoms with Gasteiger partial charge in [-0.1, -0.05) is 0 Å². The molecule has 0 unspecified atom stereocenters. The number of aryl methyl sites for hydroxylation is 1. The SMILES string of the molecule is COc1cc2c(cc1F)nc(CCl)n2Cc1ccc(C)s1. The number of hydrogen-bond acceptors (Lipinski definition) is 3. The van der Waals surface area contributed by atoms with E-state index in [1.807, 2.05) is 4.57 Å². The second kappa shape index (κ2) is 5.66. The summed E-state index contributed by atoms with van der Waals surface area (Å²) in [6.45, 7) is 2.74. The standard InChI is InChI=1S/C15H14ClFN2OS/c1-9-3-4-10(21-9)8-19-13-6-14(20-2)11(17)5-12(13)18-15(19)7-16/h3-6H,7-8H2,1-2H3. The lowest BCUT2D eigenvalue weighted by atomic mass is 10.3. The Kier molecular flexibility index (Phi) is 3.87. The number of fused-ring (bicyclic) bond motifs is 1. The Hall–Kier alpha value is -1.59. The zero-order valence-electron chi connectivity index (χ0n) is 11.7. The van der Waals surface area contributed by atoms with E-state index >= 15 is 0 Å². The molecule has 110 valence electrons. The van der Waals surface area contributed by atoms with E-state index in [0.717, 1.165) is 11.3 Å². The Morgan fingerprint density at radius 1 is 1.38 bits per heavy atom. The first-order valence-corrected chi connectivity index (χ1v) is 7.81. The molecule has 1 aromatic carbocycles. The number of rotatable bonds is 4. The van der Waals surface area contributed by atoms with Crippen molar-refractivity contribution in [3.8, 4) is 5.75 Å². The predicted molar refractivity (Wildman–Crippen MR) is 84.0 cm³/mol. The zero-order chi connectivity index (χ0) is 15.0. The van der Waals surface area contributed by atoms with Gasteiger partial charge >= 0.3 is 0 Å². The van der Waals surface area contributed by atoms with Crippen molar-refractivity contribution in [1.29, 1.82) is 0 Å². The Labute approximate surface area is 130 Å². The van der Waals surface area contributed by atoms with Gasteiger partial charge in [-0.25, -0.2) is 9.37 Å². The number of alkyl halides is 1. The molecular weight excluding hydrogens is 311 g/mol. The molecule has 0 bridgehead atoms. The molecule has 0 atom stereocenters. The topological polar surface area (TPSA) is 27.1 Å². The van der Waals surface area contributed by atoms with Crippen LogP contribution in [0.15, 0.2) is 24.3 Å². The third-order valence-electron chi connectivity index (χ3n) is 3.33. The van der Waals surface area contributed by atoms with Crippen LogP contribution < -0.4 is 4.74 Å². The number of imidazole rings is 1. The molecule has 2 heterocycles. The number of ether oxygens (including phenoxy) is 1. The second-order valence-corrected chi connectivity index (χ2v) is 6.38. The van der Waals surface area contributed by atoms with E-state index in [0.29, 0.717) is 12.1 Å². The van der Waals surface area contributed by atoms with Gasteiger partial charge in [0.2, 0.25) is 0 Å². The maximum absolute atomic E-state index is 13.8. The fraction of sp³-hybridized carbons (Fsp3) is 0.267. The van der Waals surface area contributed by atoms with Crippen molar-refractivity contribution in [1.82, 2.24) is 9.55 Å². The zero-order valence-corrected chi connectivity index (χ0v) is 13.3. The molecule has 21 heavy (non-hydrogen) atoms. The van der Waals surface area contributed by atoms with Crippen LogP contribution >= 0.6 is 22.9 Å². The Bertz CT molecular complexity index is 796. The molecule has 2 aromatic heterocycles. The molecule has 0 aliphatic rings. The van der Waals surface area contributed by atoms with Crippen LogP contribution in [0.1, 0.15) is 15.6 Å². The molecule has 0 radical (unpaired) electrons. The molecule has 3 rings (SSSR count). The first kappa shape index (κ1) is 14.4. The molecule has 3 nitrogen and oxygen atoms in total. The summed E-state index contributed by atoms with van der Waals surface area (Å²) < 4.78 is 20.9. The minimum Gasteiger partial charge on any atom is -0.494 e. The first-order valence-electron chi connectivity index (χ1n) is 6.46. The van der Waals surface area contributed by atoms with Gasteiger partial charge in [0, 0.05) is 21.9 Å². The number of halogens is 2. The maximum atomic E-state index is 13.8. The monoisotopic (exact) mass is 324 g/mol. The van der Waals surface area contributed by atoms with Crippen LogP contribution in [0.2, 0.25) is 0 Å². The van der Waals surface area contributed by atoms with Gasteiger partial charge in [0.1, 0.15) is 5.82 Å². The van der Waals surface area contributed by atoms with Crippen molar-refractivity contribution in [2.75, 3.05) is 7.11 Å². The molecule has 0 fully saturated rings. The Morgan fingerprint density at radius 3 is 2.81 bits per heavy atom. The number of benzene rings is 1. The van der Waals surface area contributed by atoms with Crippen molar-refractivity contribution >= 4 is 34.0 Å². The molecule has 0 saturated heterocycles. The van der Waals surface area contributed by atoms with E-state index in [9.17, 15) is 4.39 Å². The number of methoxy groups -OCH3 is 1. The normalized spacial score (nSPS) is 11.2. The Balaban J connectivity index is 2.14. The van der Waals surface area contributed by atoms with Gasteiger partial charge in [-0.05, 0) is 19.1 Å². The van der Waals surface area contributed by atoms with Crippen LogP contribution in [0, 0.1) is 12.7 Å². The predicted octanol–water partition coefficient (Wildman–Crippen LogP) is 4.34. The molecule has 0 saturated carbocycles. The summed E-state index contributed by atoms with van der Waals surface area (Å²) in [5, 5.41) is 0. The van der Waals surface area contributed by atoms with Gasteiger partial charge in [0.25, 0.3) is 0 Å². The van der Waals surface area contributed by atoms with Crippen molar-refractivity contribution in [3.05, 3.63) is 45.7 Å². The largest absolute Gasteiger partial charge is 0.494 e. The molecule has 0 aliphatic carbocycles. The van der Waals surface area contributed by atoms with Gasteiger partial charge in [0.05, 0.1) is 30.6 Å². The van der Waals surface area contributed by atoms with Crippen LogP contribution in [-0.2, 0) is 12.4 Å². The van der Waals surface area contributed by atoms with Gasteiger partial charge in [-0.3, -0.25) is 0 Å². The van der Waals surface area contributed by atoms with Crippen LogP contribution in [0.5, 0.6) is 5.75 Å². The highest BCUT2D eigenvalue weighted by Crippen LogP contribution is 2.27. The highest BCUT2D eigenvalue weighted by Gasteiger charge is 2.15. The maximum Gasteiger partial charge on any atom is 0.167 e. The molecule has 3 aromatic rings. The summed E-state index contributed by atoms with van der Waals surface area (Å²) in [6.07, 6.45) is 0. The van der Waals surface area contributed by atoms with Crippen LogP contribution in [0.25, 0.3) is 11.0 Å². The summed E-state index contributed by atoms with van der Waals surface area (Å²) in [6, 6.07) is 7.24. The minimum absolute atomic E-state index is 0.215. The third kappa shape index (κ3) is 2.63. The fourth-order valence-electron chi connectivity index (χ4n) is 2.34. The van der Waals surface area contributed by atoms with Crippen molar-refractivity contribution < 1.29 is 9.13 Å².